The molecule has 3 aromatic heterocycles. The molecule has 2 N–H and O–H groups in total. The quantitative estimate of drug-likeness (QED) is 0.399. The van der Waals surface area contributed by atoms with Gasteiger partial charge in [-0.25, -0.2) is 19.3 Å². The van der Waals surface area contributed by atoms with Crippen molar-refractivity contribution in [3.05, 3.63) is 69.8 Å². The Bertz CT molecular complexity index is 1560. The van der Waals surface area contributed by atoms with Gasteiger partial charge in [-0.15, -0.1) is 0 Å². The van der Waals surface area contributed by atoms with E-state index in [9.17, 15) is 9.18 Å². The molecule has 192 valence electrons. The van der Waals surface area contributed by atoms with Crippen LogP contribution in [0.15, 0.2) is 47.4 Å². The Morgan fingerprint density at radius 3 is 2.76 bits per heavy atom. The first-order chi connectivity index (χ1) is 17.7. The van der Waals surface area contributed by atoms with Gasteiger partial charge in [0.1, 0.15) is 12.1 Å². The number of halogens is 1. The van der Waals surface area contributed by atoms with Gasteiger partial charge in [0.25, 0.3) is 5.56 Å². The fourth-order valence-corrected chi connectivity index (χ4v) is 5.13. The molecule has 37 heavy (non-hydrogen) atoms. The molecule has 0 atom stereocenters. The van der Waals surface area contributed by atoms with E-state index in [0.717, 1.165) is 31.6 Å². The third-order valence-electron chi connectivity index (χ3n) is 7.47. The van der Waals surface area contributed by atoms with Crippen LogP contribution in [0.4, 0.5) is 16.0 Å². The average molecular weight is 502 g/mol. The highest BCUT2D eigenvalue weighted by Gasteiger charge is 2.32. The summed E-state index contributed by atoms with van der Waals surface area (Å²) in [6, 6.07) is 11.9. The van der Waals surface area contributed by atoms with Crippen molar-refractivity contribution >= 4 is 22.7 Å². The molecule has 8 nitrogen and oxygen atoms in total. The third kappa shape index (κ3) is 4.11. The van der Waals surface area contributed by atoms with Gasteiger partial charge in [0.2, 0.25) is 5.95 Å². The minimum absolute atomic E-state index is 0.0710. The molecule has 4 heterocycles. The SMILES string of the molecule is CC(C)(CF)c1cccc(-n2c3nc(Nc4ccc5c(c4)CNCC5(C)C)ncc3c(=O)n2C2CC2)n1. The highest BCUT2D eigenvalue weighted by atomic mass is 19.1. The predicted octanol–water partition coefficient (Wildman–Crippen LogP) is 4.68. The highest BCUT2D eigenvalue weighted by Crippen LogP contribution is 2.36. The Morgan fingerprint density at radius 2 is 2.00 bits per heavy atom. The number of pyridine rings is 1. The molecule has 1 fully saturated rings. The fourth-order valence-electron chi connectivity index (χ4n) is 5.13. The van der Waals surface area contributed by atoms with Gasteiger partial charge in [-0.05, 0) is 48.2 Å². The molecule has 0 amide bonds. The van der Waals surface area contributed by atoms with Crippen molar-refractivity contribution in [3.63, 3.8) is 0 Å². The second-order valence-electron chi connectivity index (χ2n) is 11.5. The van der Waals surface area contributed by atoms with Gasteiger partial charge in [0, 0.05) is 35.8 Å². The van der Waals surface area contributed by atoms with Crippen molar-refractivity contribution in [3.8, 4) is 5.82 Å². The molecule has 0 saturated heterocycles. The van der Waals surface area contributed by atoms with Gasteiger partial charge in [-0.2, -0.15) is 4.98 Å². The molecule has 4 aromatic rings. The van der Waals surface area contributed by atoms with Crippen LogP contribution in [0, 0.1) is 0 Å². The lowest BCUT2D eigenvalue weighted by Crippen LogP contribution is -2.38. The molecule has 0 unspecified atom stereocenters. The molecule has 1 aliphatic carbocycles. The summed E-state index contributed by atoms with van der Waals surface area (Å²) in [7, 11) is 0. The zero-order valence-corrected chi connectivity index (χ0v) is 21.7. The van der Waals surface area contributed by atoms with Crippen LogP contribution in [-0.4, -0.2) is 37.5 Å². The van der Waals surface area contributed by atoms with Crippen LogP contribution in [0.25, 0.3) is 16.9 Å². The number of benzene rings is 1. The molecule has 0 spiro atoms. The maximum atomic E-state index is 13.7. The second-order valence-corrected chi connectivity index (χ2v) is 11.5. The van der Waals surface area contributed by atoms with E-state index in [0.29, 0.717) is 28.5 Å². The molecule has 6 rings (SSSR count). The summed E-state index contributed by atoms with van der Waals surface area (Å²) in [6.45, 7) is 9.35. The average Bonchev–Trinajstić information content (AvgIpc) is 3.67. The maximum absolute atomic E-state index is 13.7. The molecule has 1 saturated carbocycles. The molecular weight excluding hydrogens is 469 g/mol. The van der Waals surface area contributed by atoms with Crippen molar-refractivity contribution in [1.82, 2.24) is 29.6 Å². The van der Waals surface area contributed by atoms with E-state index in [2.05, 4.69) is 41.6 Å². The lowest BCUT2D eigenvalue weighted by molar-refractivity contribution is 0.344. The summed E-state index contributed by atoms with van der Waals surface area (Å²) in [5.41, 5.74) is 3.78. The minimum Gasteiger partial charge on any atom is -0.324 e. The molecular formula is C28H32FN7O. The van der Waals surface area contributed by atoms with Crippen molar-refractivity contribution in [2.24, 2.45) is 0 Å². The largest absolute Gasteiger partial charge is 0.324 e. The number of rotatable bonds is 6. The van der Waals surface area contributed by atoms with E-state index in [-0.39, 0.29) is 17.0 Å². The Hall–Kier alpha value is -3.59. The van der Waals surface area contributed by atoms with Crippen molar-refractivity contribution in [2.45, 2.75) is 64.0 Å². The first-order valence-corrected chi connectivity index (χ1v) is 12.8. The highest BCUT2D eigenvalue weighted by molar-refractivity contribution is 5.77. The predicted molar refractivity (Wildman–Crippen MR) is 143 cm³/mol. The zero-order chi connectivity index (χ0) is 25.9. The van der Waals surface area contributed by atoms with E-state index < -0.39 is 12.1 Å². The van der Waals surface area contributed by atoms with Crippen LogP contribution in [0.1, 0.15) is 63.4 Å². The number of anilines is 2. The number of nitrogens with one attached hydrogen (secondary N) is 2. The Kier molecular flexibility index (Phi) is 5.45. The summed E-state index contributed by atoms with van der Waals surface area (Å²) in [6.07, 6.45) is 3.43. The summed E-state index contributed by atoms with van der Waals surface area (Å²) >= 11 is 0. The number of alkyl halides is 1. The fraction of sp³-hybridized carbons (Fsp3) is 0.429. The first-order valence-electron chi connectivity index (χ1n) is 12.8. The van der Waals surface area contributed by atoms with E-state index in [1.807, 2.05) is 38.1 Å². The Labute approximate surface area is 214 Å². The smallest absolute Gasteiger partial charge is 0.278 e. The van der Waals surface area contributed by atoms with Crippen molar-refractivity contribution < 1.29 is 4.39 Å². The molecule has 1 aliphatic heterocycles. The zero-order valence-electron chi connectivity index (χ0n) is 21.7. The lowest BCUT2D eigenvalue weighted by Gasteiger charge is -2.33. The maximum Gasteiger partial charge on any atom is 0.278 e. The molecule has 2 aliphatic rings. The van der Waals surface area contributed by atoms with Crippen molar-refractivity contribution in [2.75, 3.05) is 18.5 Å². The molecule has 9 heteroatoms. The van der Waals surface area contributed by atoms with Gasteiger partial charge in [-0.3, -0.25) is 9.18 Å². The number of hydrogen-bond donors (Lipinski definition) is 2. The van der Waals surface area contributed by atoms with E-state index >= 15 is 0 Å². The second kappa shape index (κ2) is 8.48. The summed E-state index contributed by atoms with van der Waals surface area (Å²) < 4.78 is 17.2. The normalized spacial score (nSPS) is 17.1. The van der Waals surface area contributed by atoms with Gasteiger partial charge < -0.3 is 10.6 Å². The van der Waals surface area contributed by atoms with Crippen molar-refractivity contribution in [1.29, 1.82) is 0 Å². The van der Waals surface area contributed by atoms with Gasteiger partial charge in [0.05, 0.1) is 11.7 Å². The van der Waals surface area contributed by atoms with E-state index in [1.54, 1.807) is 15.6 Å². The van der Waals surface area contributed by atoms with Crippen LogP contribution in [0.2, 0.25) is 0 Å². The Balaban J connectivity index is 1.44. The standard InChI is InChI=1S/C28H32FN7O/c1-27(2,15-29)22-6-5-7-23(33-22)36-24-20(25(37)35(36)19-9-10-19)14-31-26(34-24)32-18-8-11-21-17(12-18)13-30-16-28(21,3)4/h5-8,11-12,14,19,30H,9-10,13,15-16H2,1-4H3,(H,31,32,34). The molecule has 0 bridgehead atoms. The Morgan fingerprint density at radius 1 is 1.19 bits per heavy atom. The molecule has 1 aromatic carbocycles. The number of nitrogens with zero attached hydrogens (tertiary/aromatic N) is 5. The van der Waals surface area contributed by atoms with Crippen LogP contribution in [0.3, 0.4) is 0 Å². The minimum atomic E-state index is -0.735. The molecule has 0 radical (unpaired) electrons. The van der Waals surface area contributed by atoms with Gasteiger partial charge >= 0.3 is 0 Å². The van der Waals surface area contributed by atoms with Crippen LogP contribution in [0.5, 0.6) is 0 Å². The lowest BCUT2D eigenvalue weighted by atomic mass is 9.79. The summed E-state index contributed by atoms with van der Waals surface area (Å²) in [5, 5.41) is 7.25. The third-order valence-corrected chi connectivity index (χ3v) is 7.47. The topological polar surface area (TPSA) is 89.7 Å². The summed E-state index contributed by atoms with van der Waals surface area (Å²) in [5.74, 6) is 0.946. The van der Waals surface area contributed by atoms with Gasteiger partial charge in [0.15, 0.2) is 11.5 Å². The number of hydrogen-bond acceptors (Lipinski definition) is 6. The van der Waals surface area contributed by atoms with Gasteiger partial charge in [-0.1, -0.05) is 39.8 Å². The van der Waals surface area contributed by atoms with E-state index in [4.69, 9.17) is 9.97 Å². The van der Waals surface area contributed by atoms with E-state index in [1.165, 1.54) is 11.1 Å². The van der Waals surface area contributed by atoms with Crippen LogP contribution in [-0.2, 0) is 17.4 Å². The van der Waals surface area contributed by atoms with Crippen LogP contribution >= 0.6 is 0 Å². The summed E-state index contributed by atoms with van der Waals surface area (Å²) in [4.78, 5) is 27.4. The number of aromatic nitrogens is 5. The van der Waals surface area contributed by atoms with Crippen LogP contribution < -0.4 is 16.2 Å². The monoisotopic (exact) mass is 501 g/mol. The first kappa shape index (κ1) is 23.8. The number of fused-ring (bicyclic) bond motifs is 2.